The molecule has 1 saturated heterocycles. The lowest BCUT2D eigenvalue weighted by Gasteiger charge is -2.30. The van der Waals surface area contributed by atoms with E-state index in [4.69, 9.17) is 0 Å². The third kappa shape index (κ3) is 2.83. The Balaban J connectivity index is 2.23. The molecule has 0 bridgehead atoms. The highest BCUT2D eigenvalue weighted by Gasteiger charge is 2.24. The standard InChI is InChI=1S/C13H16N2O4/c1-9-4-6-14(7-5-9)13(17)11-8-10(15(18)19)2-3-12(11)16/h2-3,8-9,16H,4-7H2,1H3. The van der Waals surface area contributed by atoms with E-state index in [9.17, 15) is 20.0 Å². The van der Waals surface area contributed by atoms with Crippen LogP contribution in [-0.2, 0) is 0 Å². The van der Waals surface area contributed by atoms with Crippen LogP contribution in [0.5, 0.6) is 5.75 Å². The van der Waals surface area contributed by atoms with Crippen LogP contribution in [0.3, 0.4) is 0 Å². The van der Waals surface area contributed by atoms with Gasteiger partial charge in [0.15, 0.2) is 0 Å². The molecule has 2 rings (SSSR count). The lowest BCUT2D eigenvalue weighted by molar-refractivity contribution is -0.384. The van der Waals surface area contributed by atoms with Crippen molar-refractivity contribution in [2.45, 2.75) is 19.8 Å². The molecule has 102 valence electrons. The second-order valence-corrected chi connectivity index (χ2v) is 4.93. The van der Waals surface area contributed by atoms with E-state index in [2.05, 4.69) is 6.92 Å². The van der Waals surface area contributed by atoms with E-state index in [0.29, 0.717) is 19.0 Å². The van der Waals surface area contributed by atoms with Crippen LogP contribution < -0.4 is 0 Å². The van der Waals surface area contributed by atoms with E-state index in [-0.39, 0.29) is 22.9 Å². The van der Waals surface area contributed by atoms with Gasteiger partial charge in [-0.3, -0.25) is 14.9 Å². The summed E-state index contributed by atoms with van der Waals surface area (Å²) < 4.78 is 0. The topological polar surface area (TPSA) is 83.7 Å². The number of benzene rings is 1. The Labute approximate surface area is 110 Å². The smallest absolute Gasteiger partial charge is 0.270 e. The van der Waals surface area contributed by atoms with Crippen molar-refractivity contribution in [1.29, 1.82) is 0 Å². The minimum absolute atomic E-state index is 0.00348. The average molecular weight is 264 g/mol. The summed E-state index contributed by atoms with van der Waals surface area (Å²) in [6, 6.07) is 3.51. The maximum absolute atomic E-state index is 12.2. The number of nitro groups is 1. The van der Waals surface area contributed by atoms with Crippen molar-refractivity contribution in [1.82, 2.24) is 4.90 Å². The van der Waals surface area contributed by atoms with Crippen LogP contribution >= 0.6 is 0 Å². The summed E-state index contributed by atoms with van der Waals surface area (Å²) in [6.45, 7) is 3.39. The van der Waals surface area contributed by atoms with Crippen LogP contribution in [0.1, 0.15) is 30.1 Å². The number of non-ortho nitro benzene ring substituents is 1. The zero-order valence-electron chi connectivity index (χ0n) is 10.7. The van der Waals surface area contributed by atoms with E-state index in [1.54, 1.807) is 4.90 Å². The Bertz CT molecular complexity index is 507. The Morgan fingerprint density at radius 2 is 2.05 bits per heavy atom. The molecule has 0 radical (unpaired) electrons. The van der Waals surface area contributed by atoms with Crippen molar-refractivity contribution in [2.24, 2.45) is 5.92 Å². The van der Waals surface area contributed by atoms with Gasteiger partial charge in [0.25, 0.3) is 11.6 Å². The summed E-state index contributed by atoms with van der Waals surface area (Å²) in [5.74, 6) is 0.0325. The molecule has 0 aromatic heterocycles. The highest BCUT2D eigenvalue weighted by atomic mass is 16.6. The minimum Gasteiger partial charge on any atom is -0.507 e. The molecular formula is C13H16N2O4. The van der Waals surface area contributed by atoms with Crippen LogP contribution in [-0.4, -0.2) is 33.9 Å². The normalized spacial score (nSPS) is 16.4. The molecule has 0 aliphatic carbocycles. The van der Waals surface area contributed by atoms with Gasteiger partial charge in [-0.15, -0.1) is 0 Å². The molecule has 1 N–H and O–H groups in total. The molecule has 1 aliphatic heterocycles. The highest BCUT2D eigenvalue weighted by molar-refractivity contribution is 5.97. The molecule has 19 heavy (non-hydrogen) atoms. The molecule has 1 aliphatic rings. The number of hydrogen-bond donors (Lipinski definition) is 1. The predicted octanol–water partition coefficient (Wildman–Crippen LogP) is 2.17. The zero-order valence-corrected chi connectivity index (χ0v) is 10.7. The molecule has 6 heteroatoms. The number of carbonyl (C=O) groups excluding carboxylic acids is 1. The number of rotatable bonds is 2. The van der Waals surface area contributed by atoms with Crippen LogP contribution in [0.25, 0.3) is 0 Å². The fourth-order valence-electron chi connectivity index (χ4n) is 2.19. The number of nitro benzene ring substituents is 1. The van der Waals surface area contributed by atoms with Crippen molar-refractivity contribution < 1.29 is 14.8 Å². The average Bonchev–Trinajstić information content (AvgIpc) is 2.39. The second-order valence-electron chi connectivity index (χ2n) is 4.93. The summed E-state index contributed by atoms with van der Waals surface area (Å²) in [6.07, 6.45) is 1.84. The molecule has 0 unspecified atom stereocenters. The van der Waals surface area contributed by atoms with Crippen molar-refractivity contribution in [3.05, 3.63) is 33.9 Å². The van der Waals surface area contributed by atoms with Crippen LogP contribution in [0.2, 0.25) is 0 Å². The number of aromatic hydroxyl groups is 1. The van der Waals surface area contributed by atoms with Gasteiger partial charge in [-0.1, -0.05) is 6.92 Å². The van der Waals surface area contributed by atoms with Gasteiger partial charge in [0, 0.05) is 25.2 Å². The first-order valence-corrected chi connectivity index (χ1v) is 6.25. The van der Waals surface area contributed by atoms with E-state index >= 15 is 0 Å². The monoisotopic (exact) mass is 264 g/mol. The van der Waals surface area contributed by atoms with E-state index in [1.807, 2.05) is 0 Å². The maximum atomic E-state index is 12.2. The van der Waals surface area contributed by atoms with Gasteiger partial charge < -0.3 is 10.0 Å². The fourth-order valence-corrected chi connectivity index (χ4v) is 2.19. The Hall–Kier alpha value is -2.11. The van der Waals surface area contributed by atoms with E-state index in [1.165, 1.54) is 12.1 Å². The molecule has 6 nitrogen and oxygen atoms in total. The first-order valence-electron chi connectivity index (χ1n) is 6.25. The predicted molar refractivity (Wildman–Crippen MR) is 69.1 cm³/mol. The number of likely N-dealkylation sites (tertiary alicyclic amines) is 1. The summed E-state index contributed by atoms with van der Waals surface area (Å²) in [4.78, 5) is 24.0. The lowest BCUT2D eigenvalue weighted by atomic mass is 9.98. The molecule has 1 aromatic rings. The third-order valence-electron chi connectivity index (χ3n) is 3.49. The summed E-state index contributed by atoms with van der Waals surface area (Å²) in [7, 11) is 0. The van der Waals surface area contributed by atoms with Gasteiger partial charge >= 0.3 is 0 Å². The Morgan fingerprint density at radius 1 is 1.42 bits per heavy atom. The number of phenols is 1. The van der Waals surface area contributed by atoms with E-state index in [0.717, 1.165) is 18.9 Å². The van der Waals surface area contributed by atoms with E-state index < -0.39 is 4.92 Å². The minimum atomic E-state index is -0.575. The maximum Gasteiger partial charge on any atom is 0.270 e. The van der Waals surface area contributed by atoms with Crippen molar-refractivity contribution in [2.75, 3.05) is 13.1 Å². The Morgan fingerprint density at radius 3 is 2.63 bits per heavy atom. The van der Waals surface area contributed by atoms with Gasteiger partial charge in [0.1, 0.15) is 5.75 Å². The zero-order chi connectivity index (χ0) is 14.0. The first-order chi connectivity index (χ1) is 8.99. The quantitative estimate of drug-likeness (QED) is 0.655. The number of piperidine rings is 1. The molecule has 0 atom stereocenters. The summed E-state index contributed by atoms with van der Waals surface area (Å²) in [5, 5.41) is 20.4. The molecule has 1 aromatic carbocycles. The summed E-state index contributed by atoms with van der Waals surface area (Å²) in [5.41, 5.74) is -0.185. The number of amides is 1. The van der Waals surface area contributed by atoms with Crippen LogP contribution in [0.4, 0.5) is 5.69 Å². The van der Waals surface area contributed by atoms with Gasteiger partial charge in [-0.05, 0) is 24.8 Å². The summed E-state index contributed by atoms with van der Waals surface area (Å²) >= 11 is 0. The number of nitrogens with zero attached hydrogens (tertiary/aromatic N) is 2. The highest BCUT2D eigenvalue weighted by Crippen LogP contribution is 2.26. The SMILES string of the molecule is CC1CCN(C(=O)c2cc([N+](=O)[O-])ccc2O)CC1. The number of carbonyl (C=O) groups is 1. The van der Waals surface area contributed by atoms with Gasteiger partial charge in [0.2, 0.25) is 0 Å². The van der Waals surface area contributed by atoms with Crippen molar-refractivity contribution >= 4 is 11.6 Å². The largest absolute Gasteiger partial charge is 0.507 e. The molecule has 0 saturated carbocycles. The van der Waals surface area contributed by atoms with Crippen LogP contribution in [0, 0.1) is 16.0 Å². The molecular weight excluding hydrogens is 248 g/mol. The molecule has 1 amide bonds. The van der Waals surface area contributed by atoms with Gasteiger partial charge in [0.05, 0.1) is 10.5 Å². The number of phenolic OH excluding ortho intramolecular Hbond substituents is 1. The molecule has 0 spiro atoms. The van der Waals surface area contributed by atoms with Crippen molar-refractivity contribution in [3.8, 4) is 5.75 Å². The number of hydrogen-bond acceptors (Lipinski definition) is 4. The van der Waals surface area contributed by atoms with Gasteiger partial charge in [-0.2, -0.15) is 0 Å². The van der Waals surface area contributed by atoms with Crippen LogP contribution in [0.15, 0.2) is 18.2 Å². The second kappa shape index (κ2) is 5.26. The molecule has 1 fully saturated rings. The first kappa shape index (κ1) is 13.3. The Kier molecular flexibility index (Phi) is 3.69. The molecule has 1 heterocycles. The third-order valence-corrected chi connectivity index (χ3v) is 3.49. The van der Waals surface area contributed by atoms with Crippen molar-refractivity contribution in [3.63, 3.8) is 0 Å². The fraction of sp³-hybridized carbons (Fsp3) is 0.462. The lowest BCUT2D eigenvalue weighted by Crippen LogP contribution is -2.37. The van der Waals surface area contributed by atoms with Gasteiger partial charge in [-0.25, -0.2) is 0 Å².